The van der Waals surface area contributed by atoms with Crippen LogP contribution in [-0.4, -0.2) is 32.5 Å². The lowest BCUT2D eigenvalue weighted by Gasteiger charge is -2.26. The van der Waals surface area contributed by atoms with Gasteiger partial charge in [0.15, 0.2) is 0 Å². The molecule has 1 fully saturated rings. The van der Waals surface area contributed by atoms with Gasteiger partial charge in [0, 0.05) is 32.3 Å². The molecular weight excluding hydrogens is 192 g/mol. The summed E-state index contributed by atoms with van der Waals surface area (Å²) in [5.74, 6) is 6.17. The highest BCUT2D eigenvalue weighted by Crippen LogP contribution is 2.28. The first-order valence-corrected chi connectivity index (χ1v) is 5.90. The second-order valence-electron chi connectivity index (χ2n) is 4.18. The zero-order valence-electron chi connectivity index (χ0n) is 9.87. The molecule has 1 rings (SSSR count). The van der Waals surface area contributed by atoms with Crippen LogP contribution >= 0.6 is 0 Å². The second kappa shape index (κ2) is 7.17. The van der Waals surface area contributed by atoms with Gasteiger partial charge in [0.2, 0.25) is 0 Å². The normalized spacial score (nSPS) is 28.2. The van der Waals surface area contributed by atoms with E-state index in [9.17, 15) is 0 Å². The molecule has 0 amide bonds. The first kappa shape index (κ1) is 12.9. The van der Waals surface area contributed by atoms with E-state index in [1.807, 2.05) is 0 Å². The topological polar surface area (TPSA) is 56.5 Å². The van der Waals surface area contributed by atoms with Gasteiger partial charge in [-0.1, -0.05) is 6.92 Å². The molecule has 1 aliphatic heterocycles. The van der Waals surface area contributed by atoms with Crippen LogP contribution in [0.15, 0.2) is 0 Å². The van der Waals surface area contributed by atoms with Crippen LogP contribution in [0.2, 0.25) is 0 Å². The fourth-order valence-electron chi connectivity index (χ4n) is 2.41. The fraction of sp³-hybridized carbons (Fsp3) is 1.00. The van der Waals surface area contributed by atoms with Crippen molar-refractivity contribution in [3.05, 3.63) is 0 Å². The number of nitrogens with two attached hydrogens (primary N) is 1. The Morgan fingerprint density at radius 2 is 2.40 bits per heavy atom. The molecular formula is C11H24N2O2. The summed E-state index contributed by atoms with van der Waals surface area (Å²) in [5.41, 5.74) is 2.93. The summed E-state index contributed by atoms with van der Waals surface area (Å²) in [4.78, 5) is 0. The summed E-state index contributed by atoms with van der Waals surface area (Å²) in [5, 5.41) is 0. The van der Waals surface area contributed by atoms with Gasteiger partial charge in [0.05, 0.1) is 6.10 Å². The molecule has 3 unspecified atom stereocenters. The minimum absolute atomic E-state index is 0.368. The molecule has 4 heteroatoms. The Kier molecular flexibility index (Phi) is 6.17. The standard InChI is InChI=1S/C11H24N2O2/c1-3-11-9(6-8-15-11)10(13-12)5-4-7-14-2/h9-11,13H,3-8,12H2,1-2H3. The number of ether oxygens (including phenoxy) is 2. The Hall–Kier alpha value is -0.160. The molecule has 0 saturated carbocycles. The highest BCUT2D eigenvalue weighted by atomic mass is 16.5. The molecule has 0 aliphatic carbocycles. The Labute approximate surface area is 92.5 Å². The molecule has 0 aromatic heterocycles. The minimum Gasteiger partial charge on any atom is -0.385 e. The van der Waals surface area contributed by atoms with Crippen LogP contribution in [-0.2, 0) is 9.47 Å². The Morgan fingerprint density at radius 3 is 3.00 bits per heavy atom. The van der Waals surface area contributed by atoms with Gasteiger partial charge in [-0.05, 0) is 25.7 Å². The van der Waals surface area contributed by atoms with E-state index in [4.69, 9.17) is 15.3 Å². The van der Waals surface area contributed by atoms with Crippen molar-refractivity contribution in [3.8, 4) is 0 Å². The lowest BCUT2D eigenvalue weighted by Crippen LogP contribution is -2.43. The van der Waals surface area contributed by atoms with E-state index in [1.54, 1.807) is 7.11 Å². The molecule has 3 atom stereocenters. The lowest BCUT2D eigenvalue weighted by atomic mass is 9.89. The highest BCUT2D eigenvalue weighted by molar-refractivity contribution is 4.84. The summed E-state index contributed by atoms with van der Waals surface area (Å²) in [6.07, 6.45) is 4.70. The third kappa shape index (κ3) is 3.72. The third-order valence-corrected chi connectivity index (χ3v) is 3.26. The number of hydrazine groups is 1. The molecule has 0 aromatic carbocycles. The van der Waals surface area contributed by atoms with Crippen molar-refractivity contribution in [2.24, 2.45) is 11.8 Å². The molecule has 1 saturated heterocycles. The molecule has 4 nitrogen and oxygen atoms in total. The number of hydrogen-bond donors (Lipinski definition) is 2. The van der Waals surface area contributed by atoms with Crippen molar-refractivity contribution in [2.75, 3.05) is 20.3 Å². The van der Waals surface area contributed by atoms with Gasteiger partial charge in [-0.3, -0.25) is 11.3 Å². The van der Waals surface area contributed by atoms with Crippen molar-refractivity contribution in [2.45, 2.75) is 44.8 Å². The van der Waals surface area contributed by atoms with Crippen LogP contribution in [0, 0.1) is 5.92 Å². The van der Waals surface area contributed by atoms with Gasteiger partial charge in [0.25, 0.3) is 0 Å². The van der Waals surface area contributed by atoms with Gasteiger partial charge in [-0.2, -0.15) is 0 Å². The van der Waals surface area contributed by atoms with Crippen molar-refractivity contribution in [1.82, 2.24) is 5.43 Å². The number of hydrogen-bond acceptors (Lipinski definition) is 4. The summed E-state index contributed by atoms with van der Waals surface area (Å²) in [6.45, 7) is 3.86. The maximum absolute atomic E-state index is 5.68. The predicted molar refractivity (Wildman–Crippen MR) is 60.4 cm³/mol. The van der Waals surface area contributed by atoms with Crippen LogP contribution < -0.4 is 11.3 Å². The Balaban J connectivity index is 2.35. The average molecular weight is 216 g/mol. The van der Waals surface area contributed by atoms with Gasteiger partial charge in [0.1, 0.15) is 0 Å². The second-order valence-corrected chi connectivity index (χ2v) is 4.18. The molecule has 0 aromatic rings. The summed E-state index contributed by atoms with van der Waals surface area (Å²) >= 11 is 0. The maximum atomic E-state index is 5.68. The van der Waals surface area contributed by atoms with Gasteiger partial charge in [-0.15, -0.1) is 0 Å². The van der Waals surface area contributed by atoms with Crippen LogP contribution in [0.4, 0.5) is 0 Å². The molecule has 15 heavy (non-hydrogen) atoms. The van der Waals surface area contributed by atoms with Crippen molar-refractivity contribution < 1.29 is 9.47 Å². The maximum Gasteiger partial charge on any atom is 0.0616 e. The van der Waals surface area contributed by atoms with Crippen LogP contribution in [0.5, 0.6) is 0 Å². The SMILES string of the molecule is CCC1OCCC1C(CCCOC)NN. The number of nitrogens with one attached hydrogen (secondary N) is 1. The predicted octanol–water partition coefficient (Wildman–Crippen LogP) is 1.06. The molecule has 0 spiro atoms. The minimum atomic E-state index is 0.368. The molecule has 1 heterocycles. The quantitative estimate of drug-likeness (QED) is 0.379. The third-order valence-electron chi connectivity index (χ3n) is 3.26. The fourth-order valence-corrected chi connectivity index (χ4v) is 2.41. The van der Waals surface area contributed by atoms with Crippen molar-refractivity contribution in [3.63, 3.8) is 0 Å². The van der Waals surface area contributed by atoms with Gasteiger partial charge >= 0.3 is 0 Å². The lowest BCUT2D eigenvalue weighted by molar-refractivity contribution is 0.0748. The molecule has 0 radical (unpaired) electrons. The largest absolute Gasteiger partial charge is 0.385 e. The molecule has 90 valence electrons. The van der Waals surface area contributed by atoms with E-state index in [-0.39, 0.29) is 0 Å². The number of rotatable bonds is 7. The van der Waals surface area contributed by atoms with E-state index in [0.29, 0.717) is 18.1 Å². The summed E-state index contributed by atoms with van der Waals surface area (Å²) in [7, 11) is 1.73. The van der Waals surface area contributed by atoms with Crippen molar-refractivity contribution in [1.29, 1.82) is 0 Å². The Morgan fingerprint density at radius 1 is 1.60 bits per heavy atom. The van der Waals surface area contributed by atoms with Crippen LogP contribution in [0.3, 0.4) is 0 Å². The Bertz CT molecular complexity index is 167. The zero-order valence-corrected chi connectivity index (χ0v) is 9.87. The van der Waals surface area contributed by atoms with E-state index in [2.05, 4.69) is 12.3 Å². The number of methoxy groups -OCH3 is 1. The van der Waals surface area contributed by atoms with Crippen LogP contribution in [0.1, 0.15) is 32.6 Å². The smallest absolute Gasteiger partial charge is 0.0616 e. The van der Waals surface area contributed by atoms with E-state index >= 15 is 0 Å². The summed E-state index contributed by atoms with van der Waals surface area (Å²) < 4.78 is 10.7. The monoisotopic (exact) mass is 216 g/mol. The molecule has 3 N–H and O–H groups in total. The zero-order chi connectivity index (χ0) is 11.1. The van der Waals surface area contributed by atoms with Gasteiger partial charge < -0.3 is 9.47 Å². The van der Waals surface area contributed by atoms with Gasteiger partial charge in [-0.25, -0.2) is 0 Å². The first-order chi connectivity index (χ1) is 7.33. The van der Waals surface area contributed by atoms with E-state index < -0.39 is 0 Å². The van der Waals surface area contributed by atoms with Crippen molar-refractivity contribution >= 4 is 0 Å². The first-order valence-electron chi connectivity index (χ1n) is 5.90. The van der Waals surface area contributed by atoms with E-state index in [0.717, 1.165) is 38.9 Å². The van der Waals surface area contributed by atoms with Crippen LogP contribution in [0.25, 0.3) is 0 Å². The summed E-state index contributed by atoms with van der Waals surface area (Å²) in [6, 6.07) is 0.368. The highest BCUT2D eigenvalue weighted by Gasteiger charge is 2.32. The van der Waals surface area contributed by atoms with E-state index in [1.165, 1.54) is 0 Å². The molecule has 0 bridgehead atoms. The average Bonchev–Trinajstić information content (AvgIpc) is 2.72. The molecule has 1 aliphatic rings.